The molecular weight excluding hydrogens is 151 g/mol. The standard InChI is InChI=1S/C9H10.C2H3F/c1-3-9-6-4-8(2)5-7-9;1-2-3/h3-7H,1H2,2H3;2H,1H2. The van der Waals surface area contributed by atoms with E-state index in [2.05, 4.69) is 44.3 Å². The minimum Gasteiger partial charge on any atom is -0.216 e. The molecule has 0 bridgehead atoms. The van der Waals surface area contributed by atoms with Crippen LogP contribution in [0.4, 0.5) is 4.39 Å². The molecular formula is C11H13F. The summed E-state index contributed by atoms with van der Waals surface area (Å²) in [7, 11) is 0. The zero-order valence-electron chi connectivity index (χ0n) is 7.26. The van der Waals surface area contributed by atoms with Crippen molar-refractivity contribution in [3.63, 3.8) is 0 Å². The largest absolute Gasteiger partial charge is 0.216 e. The van der Waals surface area contributed by atoms with Crippen LogP contribution in [-0.2, 0) is 0 Å². The zero-order valence-corrected chi connectivity index (χ0v) is 7.26. The number of halogens is 1. The second kappa shape index (κ2) is 6.35. The molecule has 0 aliphatic carbocycles. The first-order valence-corrected chi connectivity index (χ1v) is 3.64. The number of rotatable bonds is 1. The molecule has 1 rings (SSSR count). The van der Waals surface area contributed by atoms with Gasteiger partial charge in [0, 0.05) is 0 Å². The fourth-order valence-electron chi connectivity index (χ4n) is 0.703. The van der Waals surface area contributed by atoms with Gasteiger partial charge in [-0.15, -0.1) is 0 Å². The first-order chi connectivity index (χ1) is 5.74. The Labute approximate surface area is 73.0 Å². The number of benzene rings is 1. The molecule has 0 spiro atoms. The fourth-order valence-corrected chi connectivity index (χ4v) is 0.703. The molecule has 0 atom stereocenters. The Morgan fingerprint density at radius 3 is 1.92 bits per heavy atom. The molecule has 0 aliphatic rings. The van der Waals surface area contributed by atoms with E-state index in [0.717, 1.165) is 0 Å². The predicted octanol–water partition coefficient (Wildman–Crippen LogP) is 3.74. The molecule has 0 unspecified atom stereocenters. The van der Waals surface area contributed by atoms with Gasteiger partial charge in [-0.05, 0) is 12.5 Å². The number of aryl methyl sites for hydroxylation is 1. The Morgan fingerprint density at radius 2 is 1.58 bits per heavy atom. The fraction of sp³-hybridized carbons (Fsp3) is 0.0909. The minimum atomic E-state index is 0.250. The van der Waals surface area contributed by atoms with Crippen LogP contribution in [0.3, 0.4) is 0 Å². The van der Waals surface area contributed by atoms with Crippen molar-refractivity contribution in [1.29, 1.82) is 0 Å². The first kappa shape index (κ1) is 10.6. The first-order valence-electron chi connectivity index (χ1n) is 3.64. The molecule has 1 heteroatoms. The Morgan fingerprint density at radius 1 is 1.17 bits per heavy atom. The van der Waals surface area contributed by atoms with Gasteiger partial charge in [-0.3, -0.25) is 0 Å². The van der Waals surface area contributed by atoms with Gasteiger partial charge in [0.1, 0.15) is 0 Å². The van der Waals surface area contributed by atoms with Gasteiger partial charge in [-0.25, -0.2) is 4.39 Å². The van der Waals surface area contributed by atoms with E-state index in [4.69, 9.17) is 0 Å². The highest BCUT2D eigenvalue weighted by Crippen LogP contribution is 2.02. The summed E-state index contributed by atoms with van der Waals surface area (Å²) in [5.74, 6) is 0. The molecule has 0 saturated carbocycles. The van der Waals surface area contributed by atoms with Crippen LogP contribution in [0.25, 0.3) is 6.08 Å². The SMILES string of the molecule is C=CF.C=Cc1ccc(C)cc1. The molecule has 0 amide bonds. The van der Waals surface area contributed by atoms with Crippen molar-refractivity contribution >= 4 is 6.08 Å². The van der Waals surface area contributed by atoms with Gasteiger partial charge in [0.15, 0.2) is 0 Å². The van der Waals surface area contributed by atoms with Gasteiger partial charge in [0.25, 0.3) is 0 Å². The Bertz CT molecular complexity index is 234. The van der Waals surface area contributed by atoms with E-state index in [0.29, 0.717) is 0 Å². The maximum Gasteiger partial charge on any atom is 0.0795 e. The molecule has 0 aliphatic heterocycles. The topological polar surface area (TPSA) is 0 Å². The summed E-state index contributed by atoms with van der Waals surface area (Å²) >= 11 is 0. The number of hydrogen-bond donors (Lipinski definition) is 0. The van der Waals surface area contributed by atoms with Crippen LogP contribution in [0.5, 0.6) is 0 Å². The van der Waals surface area contributed by atoms with Crippen LogP contribution >= 0.6 is 0 Å². The van der Waals surface area contributed by atoms with Gasteiger partial charge in [0.2, 0.25) is 0 Å². The van der Waals surface area contributed by atoms with Crippen molar-refractivity contribution in [3.8, 4) is 0 Å². The summed E-state index contributed by atoms with van der Waals surface area (Å²) < 4.78 is 10.1. The second-order valence-corrected chi connectivity index (χ2v) is 2.27. The Hall–Kier alpha value is -1.37. The lowest BCUT2D eigenvalue weighted by atomic mass is 10.2. The lowest BCUT2D eigenvalue weighted by Crippen LogP contribution is -1.71. The van der Waals surface area contributed by atoms with Crippen molar-refractivity contribution in [2.45, 2.75) is 6.92 Å². The number of hydrogen-bond acceptors (Lipinski definition) is 0. The molecule has 12 heavy (non-hydrogen) atoms. The van der Waals surface area contributed by atoms with Crippen molar-refractivity contribution in [1.82, 2.24) is 0 Å². The quantitative estimate of drug-likeness (QED) is 0.593. The lowest BCUT2D eigenvalue weighted by Gasteiger charge is -1.91. The van der Waals surface area contributed by atoms with E-state index < -0.39 is 0 Å². The average molecular weight is 164 g/mol. The summed E-state index contributed by atoms with van der Waals surface area (Å²) in [6.45, 7) is 8.43. The lowest BCUT2D eigenvalue weighted by molar-refractivity contribution is 0.725. The highest BCUT2D eigenvalue weighted by atomic mass is 19.1. The van der Waals surface area contributed by atoms with Crippen molar-refractivity contribution in [2.75, 3.05) is 0 Å². The van der Waals surface area contributed by atoms with Gasteiger partial charge in [-0.1, -0.05) is 49.1 Å². The van der Waals surface area contributed by atoms with Gasteiger partial charge in [0.05, 0.1) is 6.33 Å². The van der Waals surface area contributed by atoms with Crippen molar-refractivity contribution in [3.05, 3.63) is 54.9 Å². The third-order valence-electron chi connectivity index (χ3n) is 1.31. The van der Waals surface area contributed by atoms with Gasteiger partial charge >= 0.3 is 0 Å². The summed E-state index contributed by atoms with van der Waals surface area (Å²) in [5, 5.41) is 0. The van der Waals surface area contributed by atoms with Crippen LogP contribution in [0.1, 0.15) is 11.1 Å². The van der Waals surface area contributed by atoms with Crippen molar-refractivity contribution < 1.29 is 4.39 Å². The van der Waals surface area contributed by atoms with E-state index in [1.54, 1.807) is 0 Å². The summed E-state index contributed by atoms with van der Waals surface area (Å²) in [5.41, 5.74) is 2.47. The second-order valence-electron chi connectivity index (χ2n) is 2.27. The molecule has 0 N–H and O–H groups in total. The Kier molecular flexibility index (Phi) is 5.62. The minimum absolute atomic E-state index is 0.250. The molecule has 1 aromatic carbocycles. The molecule has 0 nitrogen and oxygen atoms in total. The van der Waals surface area contributed by atoms with E-state index >= 15 is 0 Å². The van der Waals surface area contributed by atoms with E-state index in [1.165, 1.54) is 11.1 Å². The average Bonchev–Trinajstić information content (AvgIpc) is 2.07. The third kappa shape index (κ3) is 4.45. The smallest absolute Gasteiger partial charge is 0.0795 e. The highest BCUT2D eigenvalue weighted by Gasteiger charge is 1.82. The van der Waals surface area contributed by atoms with E-state index in [9.17, 15) is 4.39 Å². The van der Waals surface area contributed by atoms with Crippen molar-refractivity contribution in [2.24, 2.45) is 0 Å². The molecule has 0 fully saturated rings. The molecule has 0 saturated heterocycles. The molecule has 1 aromatic rings. The van der Waals surface area contributed by atoms with Gasteiger partial charge < -0.3 is 0 Å². The molecule has 0 heterocycles. The summed E-state index contributed by atoms with van der Waals surface area (Å²) in [4.78, 5) is 0. The monoisotopic (exact) mass is 164 g/mol. The maximum absolute atomic E-state index is 10.1. The van der Waals surface area contributed by atoms with E-state index in [1.807, 2.05) is 6.08 Å². The predicted molar refractivity (Wildman–Crippen MR) is 52.6 cm³/mol. The normalized spacial score (nSPS) is 7.83. The van der Waals surface area contributed by atoms with Gasteiger partial charge in [-0.2, -0.15) is 0 Å². The summed E-state index contributed by atoms with van der Waals surface area (Å²) in [6.07, 6.45) is 2.10. The third-order valence-corrected chi connectivity index (χ3v) is 1.31. The van der Waals surface area contributed by atoms with E-state index in [-0.39, 0.29) is 6.33 Å². The molecule has 0 radical (unpaired) electrons. The van der Waals surface area contributed by atoms with Crippen LogP contribution < -0.4 is 0 Å². The summed E-state index contributed by atoms with van der Waals surface area (Å²) in [6, 6.07) is 8.28. The van der Waals surface area contributed by atoms with Crippen LogP contribution in [-0.4, -0.2) is 0 Å². The molecule has 0 aromatic heterocycles. The molecule has 64 valence electrons. The zero-order chi connectivity index (χ0) is 9.40. The Balaban J connectivity index is 0.000000354. The van der Waals surface area contributed by atoms with Crippen LogP contribution in [0.15, 0.2) is 43.8 Å². The van der Waals surface area contributed by atoms with Crippen LogP contribution in [0.2, 0.25) is 0 Å². The van der Waals surface area contributed by atoms with Crippen LogP contribution in [0, 0.1) is 6.92 Å². The maximum atomic E-state index is 10.1. The highest BCUT2D eigenvalue weighted by molar-refractivity contribution is 5.46.